The second kappa shape index (κ2) is 8.43. The van der Waals surface area contributed by atoms with Crippen LogP contribution < -0.4 is 11.1 Å². The standard InChI is InChI=1S/C13H27N3O2S/c1-10(2)15-13(3,12(14)18)7-6-8-19-9-11(17)16(4)5/h10,15H,6-9H2,1-5H3,(H2,14,18). The van der Waals surface area contributed by atoms with Crippen LogP contribution in [0.2, 0.25) is 0 Å². The molecule has 0 rings (SSSR count). The highest BCUT2D eigenvalue weighted by atomic mass is 32.2. The predicted octanol–water partition coefficient (Wildman–Crippen LogP) is 0.830. The van der Waals surface area contributed by atoms with Crippen molar-refractivity contribution in [1.29, 1.82) is 0 Å². The van der Waals surface area contributed by atoms with Crippen molar-refractivity contribution in [1.82, 2.24) is 10.2 Å². The molecular formula is C13H27N3O2S. The summed E-state index contributed by atoms with van der Waals surface area (Å²) in [6.45, 7) is 5.82. The molecule has 0 spiro atoms. The van der Waals surface area contributed by atoms with Crippen LogP contribution in [-0.2, 0) is 9.59 Å². The first-order valence-corrected chi connectivity index (χ1v) is 7.70. The maximum Gasteiger partial charge on any atom is 0.237 e. The molecule has 0 aliphatic heterocycles. The molecule has 0 aromatic carbocycles. The lowest BCUT2D eigenvalue weighted by atomic mass is 9.94. The van der Waals surface area contributed by atoms with Crippen LogP contribution in [0.15, 0.2) is 0 Å². The van der Waals surface area contributed by atoms with Crippen LogP contribution in [-0.4, -0.2) is 53.9 Å². The molecule has 1 unspecified atom stereocenters. The van der Waals surface area contributed by atoms with Crippen molar-refractivity contribution < 1.29 is 9.59 Å². The number of nitrogens with two attached hydrogens (primary N) is 1. The first-order valence-electron chi connectivity index (χ1n) is 6.54. The molecule has 0 bridgehead atoms. The summed E-state index contributed by atoms with van der Waals surface area (Å²) in [5, 5.41) is 3.21. The summed E-state index contributed by atoms with van der Waals surface area (Å²) in [5.74, 6) is 1.12. The zero-order chi connectivity index (χ0) is 15.1. The summed E-state index contributed by atoms with van der Waals surface area (Å²) in [6.07, 6.45) is 1.54. The number of thioether (sulfide) groups is 1. The molecule has 3 N–H and O–H groups in total. The minimum Gasteiger partial charge on any atom is -0.368 e. The van der Waals surface area contributed by atoms with Gasteiger partial charge in [0, 0.05) is 20.1 Å². The highest BCUT2D eigenvalue weighted by Gasteiger charge is 2.30. The molecule has 1 atom stereocenters. The Bertz CT molecular complexity index is 308. The number of nitrogens with zero attached hydrogens (tertiary/aromatic N) is 1. The number of hydrogen-bond donors (Lipinski definition) is 2. The highest BCUT2D eigenvalue weighted by molar-refractivity contribution is 7.99. The number of carbonyl (C=O) groups is 2. The molecule has 5 nitrogen and oxygen atoms in total. The second-order valence-corrected chi connectivity index (χ2v) is 6.54. The van der Waals surface area contributed by atoms with E-state index in [1.165, 1.54) is 0 Å². The second-order valence-electron chi connectivity index (χ2n) is 5.44. The van der Waals surface area contributed by atoms with Crippen LogP contribution in [0.5, 0.6) is 0 Å². The summed E-state index contributed by atoms with van der Waals surface area (Å²) < 4.78 is 0. The van der Waals surface area contributed by atoms with Gasteiger partial charge in [0.05, 0.1) is 11.3 Å². The lowest BCUT2D eigenvalue weighted by molar-refractivity contribution is -0.126. The molecule has 0 saturated heterocycles. The number of hydrogen-bond acceptors (Lipinski definition) is 4. The van der Waals surface area contributed by atoms with Crippen molar-refractivity contribution in [3.63, 3.8) is 0 Å². The Morgan fingerprint density at radius 1 is 1.37 bits per heavy atom. The van der Waals surface area contributed by atoms with E-state index in [0.717, 1.165) is 12.2 Å². The minimum absolute atomic E-state index is 0.114. The van der Waals surface area contributed by atoms with E-state index in [1.807, 2.05) is 20.8 Å². The van der Waals surface area contributed by atoms with Crippen LogP contribution in [0.1, 0.15) is 33.6 Å². The molecule has 6 heteroatoms. The Morgan fingerprint density at radius 2 is 1.95 bits per heavy atom. The van der Waals surface area contributed by atoms with E-state index in [-0.39, 0.29) is 17.9 Å². The lowest BCUT2D eigenvalue weighted by Gasteiger charge is -2.29. The van der Waals surface area contributed by atoms with Gasteiger partial charge in [-0.15, -0.1) is 0 Å². The molecule has 0 saturated carbocycles. The van der Waals surface area contributed by atoms with Crippen molar-refractivity contribution in [2.75, 3.05) is 25.6 Å². The molecule has 0 aromatic heterocycles. The number of rotatable bonds is 9. The summed E-state index contributed by atoms with van der Waals surface area (Å²) in [6, 6.07) is 0.209. The third-order valence-corrected chi connectivity index (χ3v) is 3.87. The average molecular weight is 289 g/mol. The minimum atomic E-state index is -0.666. The zero-order valence-electron chi connectivity index (χ0n) is 12.7. The van der Waals surface area contributed by atoms with Gasteiger partial charge in [0.25, 0.3) is 0 Å². The van der Waals surface area contributed by atoms with Gasteiger partial charge in [0.15, 0.2) is 0 Å². The van der Waals surface area contributed by atoms with E-state index in [4.69, 9.17) is 5.73 Å². The molecule has 2 amide bonds. The molecule has 0 aromatic rings. The zero-order valence-corrected chi connectivity index (χ0v) is 13.5. The van der Waals surface area contributed by atoms with E-state index in [2.05, 4.69) is 5.32 Å². The van der Waals surface area contributed by atoms with Crippen molar-refractivity contribution in [3.05, 3.63) is 0 Å². The van der Waals surface area contributed by atoms with Gasteiger partial charge in [0.1, 0.15) is 0 Å². The van der Waals surface area contributed by atoms with Gasteiger partial charge in [-0.05, 0) is 39.4 Å². The molecular weight excluding hydrogens is 262 g/mol. The molecule has 0 aliphatic carbocycles. The third kappa shape index (κ3) is 7.42. The van der Waals surface area contributed by atoms with Crippen LogP contribution >= 0.6 is 11.8 Å². The predicted molar refractivity (Wildman–Crippen MR) is 81.1 cm³/mol. The number of carbonyl (C=O) groups excluding carboxylic acids is 2. The smallest absolute Gasteiger partial charge is 0.237 e. The molecule has 0 radical (unpaired) electrons. The third-order valence-electron chi connectivity index (χ3n) is 2.84. The fourth-order valence-corrected chi connectivity index (χ4v) is 2.65. The Kier molecular flexibility index (Phi) is 8.09. The highest BCUT2D eigenvalue weighted by Crippen LogP contribution is 2.16. The Morgan fingerprint density at radius 3 is 2.37 bits per heavy atom. The maximum atomic E-state index is 11.5. The normalized spacial score (nSPS) is 14.2. The van der Waals surface area contributed by atoms with Crippen molar-refractivity contribution >= 4 is 23.6 Å². The van der Waals surface area contributed by atoms with Gasteiger partial charge in [0.2, 0.25) is 11.8 Å². The quantitative estimate of drug-likeness (QED) is 0.617. The van der Waals surface area contributed by atoms with Gasteiger partial charge in [-0.1, -0.05) is 0 Å². The molecule has 0 heterocycles. The number of nitrogens with one attached hydrogen (secondary N) is 1. The first kappa shape index (κ1) is 18.2. The largest absolute Gasteiger partial charge is 0.368 e. The lowest BCUT2D eigenvalue weighted by Crippen LogP contribution is -2.55. The van der Waals surface area contributed by atoms with E-state index in [0.29, 0.717) is 12.2 Å². The average Bonchev–Trinajstić information content (AvgIpc) is 2.26. The van der Waals surface area contributed by atoms with Crippen molar-refractivity contribution in [2.45, 2.75) is 45.2 Å². The fourth-order valence-electron chi connectivity index (χ4n) is 1.72. The van der Waals surface area contributed by atoms with E-state index in [9.17, 15) is 9.59 Å². The molecule has 0 fully saturated rings. The summed E-state index contributed by atoms with van der Waals surface area (Å²) in [4.78, 5) is 24.5. The Balaban J connectivity index is 4.02. The van der Waals surface area contributed by atoms with Crippen molar-refractivity contribution in [2.24, 2.45) is 5.73 Å². The van der Waals surface area contributed by atoms with E-state index < -0.39 is 5.54 Å². The van der Waals surface area contributed by atoms with E-state index >= 15 is 0 Å². The van der Waals surface area contributed by atoms with Crippen LogP contribution in [0.3, 0.4) is 0 Å². The van der Waals surface area contributed by atoms with Crippen molar-refractivity contribution in [3.8, 4) is 0 Å². The fraction of sp³-hybridized carbons (Fsp3) is 0.846. The van der Waals surface area contributed by atoms with Gasteiger partial charge in [-0.3, -0.25) is 9.59 Å². The van der Waals surface area contributed by atoms with Gasteiger partial charge in [-0.25, -0.2) is 0 Å². The van der Waals surface area contributed by atoms with E-state index in [1.54, 1.807) is 30.8 Å². The van der Waals surface area contributed by atoms with Gasteiger partial charge >= 0.3 is 0 Å². The van der Waals surface area contributed by atoms with Gasteiger partial charge < -0.3 is 16.0 Å². The van der Waals surface area contributed by atoms with Crippen LogP contribution in [0.25, 0.3) is 0 Å². The first-order chi connectivity index (χ1) is 8.69. The van der Waals surface area contributed by atoms with Gasteiger partial charge in [-0.2, -0.15) is 11.8 Å². The molecule has 19 heavy (non-hydrogen) atoms. The maximum absolute atomic E-state index is 11.5. The molecule has 0 aliphatic rings. The summed E-state index contributed by atoms with van der Waals surface area (Å²) >= 11 is 1.59. The SMILES string of the molecule is CC(C)NC(C)(CCCSCC(=O)N(C)C)C(N)=O. The van der Waals surface area contributed by atoms with Crippen LogP contribution in [0.4, 0.5) is 0 Å². The Hall–Kier alpha value is -0.750. The van der Waals surface area contributed by atoms with Crippen LogP contribution in [0, 0.1) is 0 Å². The number of primary amides is 1. The number of amides is 2. The Labute approximate surface area is 120 Å². The monoisotopic (exact) mass is 289 g/mol. The topological polar surface area (TPSA) is 75.4 Å². The summed E-state index contributed by atoms with van der Waals surface area (Å²) in [7, 11) is 3.50. The molecule has 112 valence electrons. The summed E-state index contributed by atoms with van der Waals surface area (Å²) in [5.41, 5.74) is 4.79.